The lowest BCUT2D eigenvalue weighted by molar-refractivity contribution is 0.120. The van der Waals surface area contributed by atoms with Gasteiger partial charge < -0.3 is 5.11 Å². The Morgan fingerprint density at radius 2 is 2.00 bits per heavy atom. The Morgan fingerprint density at radius 3 is 2.62 bits per heavy atom. The number of nitrogens with zero attached hydrogens (tertiary/aromatic N) is 3. The lowest BCUT2D eigenvalue weighted by atomic mass is 9.94. The summed E-state index contributed by atoms with van der Waals surface area (Å²) in [6, 6.07) is 6.87. The Bertz CT molecular complexity index is 882. The van der Waals surface area contributed by atoms with E-state index in [9.17, 15) is 13.5 Å². The maximum atomic E-state index is 11.5. The molecule has 1 aromatic heterocycles. The summed E-state index contributed by atoms with van der Waals surface area (Å²) in [5.74, 6) is 0. The SMILES string of the molecule is Cn1nc(-c2ccc(S(C)(=O)=O)cc2)s/c1=N/C1CCCC(O)C1. The van der Waals surface area contributed by atoms with E-state index in [0.717, 1.165) is 34.6 Å². The second-order valence-corrected chi connectivity index (χ2v) is 9.18. The molecular formula is C16H21N3O3S2. The van der Waals surface area contributed by atoms with E-state index in [1.165, 1.54) is 17.6 Å². The minimum absolute atomic E-state index is 0.140. The van der Waals surface area contributed by atoms with E-state index in [4.69, 9.17) is 4.99 Å². The summed E-state index contributed by atoms with van der Waals surface area (Å²) in [4.78, 5) is 5.85. The van der Waals surface area contributed by atoms with Gasteiger partial charge in [-0.05, 0) is 37.8 Å². The molecule has 0 amide bonds. The number of rotatable bonds is 3. The Kier molecular flexibility index (Phi) is 4.89. The average molecular weight is 367 g/mol. The van der Waals surface area contributed by atoms with Crippen molar-refractivity contribution in [3.63, 3.8) is 0 Å². The van der Waals surface area contributed by atoms with Crippen molar-refractivity contribution < 1.29 is 13.5 Å². The highest BCUT2D eigenvalue weighted by molar-refractivity contribution is 7.90. The quantitative estimate of drug-likeness (QED) is 0.896. The molecule has 1 fully saturated rings. The third-order valence-electron chi connectivity index (χ3n) is 4.15. The maximum Gasteiger partial charge on any atom is 0.203 e. The minimum Gasteiger partial charge on any atom is -0.393 e. The standard InChI is InChI=1S/C16H21N3O3S2/c1-19-16(17-12-4-3-5-13(20)10-12)23-15(18-19)11-6-8-14(9-7-11)24(2,21)22/h6-9,12-13,20H,3-5,10H2,1-2H3/b17-16+. The van der Waals surface area contributed by atoms with Gasteiger partial charge in [-0.1, -0.05) is 23.5 Å². The van der Waals surface area contributed by atoms with Gasteiger partial charge in [-0.25, -0.2) is 13.1 Å². The number of aryl methyl sites for hydroxylation is 1. The van der Waals surface area contributed by atoms with Crippen molar-refractivity contribution in [3.8, 4) is 10.6 Å². The zero-order chi connectivity index (χ0) is 17.3. The zero-order valence-electron chi connectivity index (χ0n) is 13.7. The lowest BCUT2D eigenvalue weighted by Crippen LogP contribution is -2.25. The molecule has 1 N–H and O–H groups in total. The molecule has 0 aliphatic heterocycles. The predicted molar refractivity (Wildman–Crippen MR) is 93.5 cm³/mol. The van der Waals surface area contributed by atoms with Crippen molar-refractivity contribution >= 4 is 21.2 Å². The van der Waals surface area contributed by atoms with E-state index >= 15 is 0 Å². The van der Waals surface area contributed by atoms with Gasteiger partial charge in [0.1, 0.15) is 5.01 Å². The highest BCUT2D eigenvalue weighted by atomic mass is 32.2. The molecule has 1 heterocycles. The van der Waals surface area contributed by atoms with Crippen LogP contribution in [-0.4, -0.2) is 41.7 Å². The number of aromatic nitrogens is 2. The van der Waals surface area contributed by atoms with E-state index in [1.54, 1.807) is 28.9 Å². The van der Waals surface area contributed by atoms with Gasteiger partial charge in [0, 0.05) is 18.9 Å². The fourth-order valence-electron chi connectivity index (χ4n) is 2.84. The number of hydrogen-bond acceptors (Lipinski definition) is 6. The monoisotopic (exact) mass is 367 g/mol. The van der Waals surface area contributed by atoms with Crippen molar-refractivity contribution in [2.24, 2.45) is 12.0 Å². The highest BCUT2D eigenvalue weighted by Gasteiger charge is 2.19. The second kappa shape index (κ2) is 6.78. The van der Waals surface area contributed by atoms with Gasteiger partial charge in [0.05, 0.1) is 17.0 Å². The first-order valence-electron chi connectivity index (χ1n) is 7.89. The Balaban J connectivity index is 1.88. The van der Waals surface area contributed by atoms with Gasteiger partial charge in [0.25, 0.3) is 0 Å². The molecule has 0 saturated heterocycles. The summed E-state index contributed by atoms with van der Waals surface area (Å²) in [5.41, 5.74) is 0.869. The predicted octanol–water partition coefficient (Wildman–Crippen LogP) is 1.76. The first-order valence-corrected chi connectivity index (χ1v) is 10.6. The van der Waals surface area contributed by atoms with Gasteiger partial charge in [-0.2, -0.15) is 5.10 Å². The number of aliphatic hydroxyl groups is 1. The van der Waals surface area contributed by atoms with Crippen LogP contribution in [0.4, 0.5) is 0 Å². The highest BCUT2D eigenvalue weighted by Crippen LogP contribution is 2.23. The van der Waals surface area contributed by atoms with Crippen molar-refractivity contribution in [3.05, 3.63) is 29.1 Å². The number of benzene rings is 1. The molecule has 2 atom stereocenters. The largest absolute Gasteiger partial charge is 0.393 e. The van der Waals surface area contributed by atoms with Crippen LogP contribution in [0.25, 0.3) is 10.6 Å². The number of sulfone groups is 1. The molecule has 24 heavy (non-hydrogen) atoms. The molecule has 1 saturated carbocycles. The summed E-state index contributed by atoms with van der Waals surface area (Å²) in [7, 11) is -1.34. The second-order valence-electron chi connectivity index (χ2n) is 6.21. The maximum absolute atomic E-state index is 11.5. The Labute approximate surface area is 145 Å². The van der Waals surface area contributed by atoms with Crippen LogP contribution in [0.15, 0.2) is 34.2 Å². The molecular weight excluding hydrogens is 346 g/mol. The minimum atomic E-state index is -3.19. The van der Waals surface area contributed by atoms with Crippen LogP contribution in [0.1, 0.15) is 25.7 Å². The first-order chi connectivity index (χ1) is 11.3. The Hall–Kier alpha value is -1.51. The fourth-order valence-corrected chi connectivity index (χ4v) is 4.43. The normalized spacial score (nSPS) is 22.7. The van der Waals surface area contributed by atoms with Crippen LogP contribution in [0, 0.1) is 0 Å². The Morgan fingerprint density at radius 1 is 1.29 bits per heavy atom. The van der Waals surface area contributed by atoms with Gasteiger partial charge in [0.15, 0.2) is 9.84 Å². The third kappa shape index (κ3) is 3.93. The molecule has 1 aliphatic rings. The molecule has 130 valence electrons. The molecule has 3 rings (SSSR count). The van der Waals surface area contributed by atoms with E-state index in [-0.39, 0.29) is 12.1 Å². The molecule has 0 bridgehead atoms. The molecule has 2 unspecified atom stereocenters. The van der Waals surface area contributed by atoms with Gasteiger partial charge >= 0.3 is 0 Å². The molecule has 1 aromatic carbocycles. The van der Waals surface area contributed by atoms with Gasteiger partial charge in [-0.15, -0.1) is 0 Å². The van der Waals surface area contributed by atoms with Crippen LogP contribution in [-0.2, 0) is 16.9 Å². The van der Waals surface area contributed by atoms with Crippen LogP contribution >= 0.6 is 11.3 Å². The van der Waals surface area contributed by atoms with Crippen molar-refractivity contribution in [2.75, 3.05) is 6.26 Å². The van der Waals surface area contributed by atoms with Crippen molar-refractivity contribution in [1.29, 1.82) is 0 Å². The molecule has 0 spiro atoms. The molecule has 0 radical (unpaired) electrons. The van der Waals surface area contributed by atoms with Crippen LogP contribution in [0.5, 0.6) is 0 Å². The van der Waals surface area contributed by atoms with Gasteiger partial charge in [-0.3, -0.25) is 4.99 Å². The van der Waals surface area contributed by atoms with Crippen molar-refractivity contribution in [2.45, 2.75) is 42.7 Å². The topological polar surface area (TPSA) is 84.5 Å². The summed E-state index contributed by atoms with van der Waals surface area (Å²) < 4.78 is 24.8. The number of hydrogen-bond donors (Lipinski definition) is 1. The lowest BCUT2D eigenvalue weighted by Gasteiger charge is -2.22. The fraction of sp³-hybridized carbons (Fsp3) is 0.500. The smallest absolute Gasteiger partial charge is 0.203 e. The summed E-state index contributed by atoms with van der Waals surface area (Å²) in [6.07, 6.45) is 4.50. The summed E-state index contributed by atoms with van der Waals surface area (Å²) >= 11 is 1.47. The van der Waals surface area contributed by atoms with Gasteiger partial charge in [0.2, 0.25) is 4.80 Å². The molecule has 1 aliphatic carbocycles. The zero-order valence-corrected chi connectivity index (χ0v) is 15.3. The molecule has 2 aromatic rings. The summed E-state index contributed by atoms with van der Waals surface area (Å²) in [6.45, 7) is 0. The van der Waals surface area contributed by atoms with Crippen LogP contribution < -0.4 is 4.80 Å². The van der Waals surface area contributed by atoms with Crippen LogP contribution in [0.2, 0.25) is 0 Å². The first kappa shape index (κ1) is 17.3. The average Bonchev–Trinajstić information content (AvgIpc) is 2.88. The van der Waals surface area contributed by atoms with E-state index in [2.05, 4.69) is 5.10 Å². The third-order valence-corrected chi connectivity index (χ3v) is 6.34. The molecule has 6 nitrogen and oxygen atoms in total. The summed E-state index contributed by atoms with van der Waals surface area (Å²) in [5, 5.41) is 15.1. The molecule has 8 heteroatoms. The van der Waals surface area contributed by atoms with E-state index < -0.39 is 9.84 Å². The number of aliphatic hydroxyl groups excluding tert-OH is 1. The van der Waals surface area contributed by atoms with Crippen LogP contribution in [0.3, 0.4) is 0 Å². The van der Waals surface area contributed by atoms with E-state index in [0.29, 0.717) is 11.3 Å². The van der Waals surface area contributed by atoms with E-state index in [1.807, 2.05) is 7.05 Å². The van der Waals surface area contributed by atoms with Crippen molar-refractivity contribution in [1.82, 2.24) is 9.78 Å².